The number of carbonyl (C=O) groups is 2. The van der Waals surface area contributed by atoms with Crippen molar-refractivity contribution in [3.8, 4) is 0 Å². The summed E-state index contributed by atoms with van der Waals surface area (Å²) < 4.78 is 5.24. The van der Waals surface area contributed by atoms with Crippen LogP contribution >= 0.6 is 0 Å². The maximum atomic E-state index is 12.6. The monoisotopic (exact) mass is 397 g/mol. The molecule has 1 saturated carbocycles. The highest BCUT2D eigenvalue weighted by Crippen LogP contribution is 2.21. The van der Waals surface area contributed by atoms with Gasteiger partial charge in [-0.25, -0.2) is 0 Å². The fraction of sp³-hybridized carbons (Fsp3) is 0.478. The second-order valence-corrected chi connectivity index (χ2v) is 7.77. The molecule has 0 saturated heterocycles. The van der Waals surface area contributed by atoms with Gasteiger partial charge in [0, 0.05) is 6.04 Å². The van der Waals surface area contributed by atoms with Gasteiger partial charge in [0.15, 0.2) is 0 Å². The van der Waals surface area contributed by atoms with Gasteiger partial charge in [-0.05, 0) is 44.2 Å². The van der Waals surface area contributed by atoms with Crippen LogP contribution in [0.1, 0.15) is 61.1 Å². The smallest absolute Gasteiger partial charge is 0.253 e. The van der Waals surface area contributed by atoms with Crippen LogP contribution in [0.15, 0.2) is 47.1 Å². The second kappa shape index (κ2) is 10.8. The summed E-state index contributed by atoms with van der Waals surface area (Å²) in [6.45, 7) is 0.631. The molecule has 6 heteroatoms. The molecule has 6 nitrogen and oxygen atoms in total. The van der Waals surface area contributed by atoms with Crippen molar-refractivity contribution in [2.24, 2.45) is 0 Å². The quantitative estimate of drug-likeness (QED) is 0.735. The summed E-state index contributed by atoms with van der Waals surface area (Å²) in [5, 5.41) is 5.74. The normalized spacial score (nSPS) is 15.5. The van der Waals surface area contributed by atoms with Crippen LogP contribution in [-0.2, 0) is 11.3 Å². The van der Waals surface area contributed by atoms with Gasteiger partial charge in [0.2, 0.25) is 5.91 Å². The van der Waals surface area contributed by atoms with Gasteiger partial charge in [0.25, 0.3) is 5.91 Å². The van der Waals surface area contributed by atoms with Gasteiger partial charge in [-0.1, -0.05) is 44.2 Å². The van der Waals surface area contributed by atoms with E-state index in [1.807, 2.05) is 13.1 Å². The van der Waals surface area contributed by atoms with Crippen molar-refractivity contribution in [2.45, 2.75) is 57.5 Å². The van der Waals surface area contributed by atoms with Crippen LogP contribution in [0.25, 0.3) is 0 Å². The molecular formula is C23H31N3O3. The second-order valence-electron chi connectivity index (χ2n) is 7.77. The summed E-state index contributed by atoms with van der Waals surface area (Å²) in [7, 11) is 2.02. The average molecular weight is 398 g/mol. The maximum absolute atomic E-state index is 12.6. The fourth-order valence-corrected chi connectivity index (χ4v) is 3.89. The van der Waals surface area contributed by atoms with Gasteiger partial charge in [-0.2, -0.15) is 0 Å². The zero-order chi connectivity index (χ0) is 20.5. The molecule has 0 unspecified atom stereocenters. The molecule has 156 valence electrons. The molecule has 0 spiro atoms. The fourth-order valence-electron chi connectivity index (χ4n) is 3.89. The Hall–Kier alpha value is -2.60. The van der Waals surface area contributed by atoms with Crippen LogP contribution in [0.4, 0.5) is 5.69 Å². The molecule has 0 radical (unpaired) electrons. The number of nitrogens with one attached hydrogen (secondary N) is 2. The zero-order valence-corrected chi connectivity index (χ0v) is 17.2. The Morgan fingerprint density at radius 3 is 2.48 bits per heavy atom. The van der Waals surface area contributed by atoms with Crippen LogP contribution < -0.4 is 10.6 Å². The summed E-state index contributed by atoms with van der Waals surface area (Å²) in [6, 6.07) is 11.1. The highest BCUT2D eigenvalue weighted by atomic mass is 16.3. The molecule has 1 aromatic carbocycles. The van der Waals surface area contributed by atoms with Crippen molar-refractivity contribution in [3.05, 3.63) is 54.0 Å². The van der Waals surface area contributed by atoms with Gasteiger partial charge in [0.05, 0.1) is 30.6 Å². The van der Waals surface area contributed by atoms with E-state index in [1.54, 1.807) is 36.6 Å². The minimum absolute atomic E-state index is 0.0964. The number of para-hydroxylation sites is 1. The summed E-state index contributed by atoms with van der Waals surface area (Å²) in [4.78, 5) is 27.4. The molecule has 1 aliphatic rings. The van der Waals surface area contributed by atoms with Gasteiger partial charge >= 0.3 is 0 Å². The van der Waals surface area contributed by atoms with Crippen LogP contribution in [0.5, 0.6) is 0 Å². The van der Waals surface area contributed by atoms with E-state index in [0.717, 1.165) is 12.8 Å². The number of likely N-dealkylation sites (N-methyl/N-ethyl adjacent to an activating group) is 1. The Bertz CT molecular complexity index is 780. The Morgan fingerprint density at radius 2 is 1.76 bits per heavy atom. The molecule has 2 N–H and O–H groups in total. The number of hydrogen-bond donors (Lipinski definition) is 2. The lowest BCUT2D eigenvalue weighted by atomic mass is 9.96. The predicted octanol–water partition coefficient (Wildman–Crippen LogP) is 4.19. The summed E-state index contributed by atoms with van der Waals surface area (Å²) in [5.74, 6) is 0.340. The molecule has 1 aliphatic carbocycles. The van der Waals surface area contributed by atoms with E-state index >= 15 is 0 Å². The third-order valence-electron chi connectivity index (χ3n) is 5.54. The molecule has 0 atom stereocenters. The molecule has 1 heterocycles. The topological polar surface area (TPSA) is 74.6 Å². The van der Waals surface area contributed by atoms with Crippen molar-refractivity contribution in [3.63, 3.8) is 0 Å². The standard InChI is InChI=1S/C23H31N3O3/c1-26(18-10-5-3-2-4-6-11-18)17-22(27)25-21-14-8-7-13-20(21)23(28)24-16-19-12-9-15-29-19/h7-9,12-15,18H,2-6,10-11,16-17H2,1H3,(H,24,28)(H,25,27). The molecule has 29 heavy (non-hydrogen) atoms. The number of carbonyl (C=O) groups excluding carboxylic acids is 2. The molecule has 1 aromatic heterocycles. The number of rotatable bonds is 7. The highest BCUT2D eigenvalue weighted by molar-refractivity contribution is 6.04. The predicted molar refractivity (Wildman–Crippen MR) is 114 cm³/mol. The molecule has 2 amide bonds. The first-order valence-electron chi connectivity index (χ1n) is 10.5. The Balaban J connectivity index is 1.56. The molecular weight excluding hydrogens is 366 g/mol. The lowest BCUT2D eigenvalue weighted by molar-refractivity contribution is -0.117. The van der Waals surface area contributed by atoms with Crippen LogP contribution in [0.3, 0.4) is 0 Å². The van der Waals surface area contributed by atoms with Crippen molar-refractivity contribution >= 4 is 17.5 Å². The SMILES string of the molecule is CN(CC(=O)Nc1ccccc1C(=O)NCc1ccco1)C1CCCCCCC1. The zero-order valence-electron chi connectivity index (χ0n) is 17.2. The number of benzene rings is 1. The molecule has 3 rings (SSSR count). The summed E-state index contributed by atoms with van der Waals surface area (Å²) in [5.41, 5.74) is 0.974. The number of hydrogen-bond acceptors (Lipinski definition) is 4. The van der Waals surface area contributed by atoms with Gasteiger partial charge in [-0.15, -0.1) is 0 Å². The maximum Gasteiger partial charge on any atom is 0.253 e. The van der Waals surface area contributed by atoms with E-state index in [2.05, 4.69) is 15.5 Å². The van der Waals surface area contributed by atoms with E-state index in [4.69, 9.17) is 4.42 Å². The lowest BCUT2D eigenvalue weighted by Crippen LogP contribution is -2.38. The highest BCUT2D eigenvalue weighted by Gasteiger charge is 2.19. The molecule has 0 bridgehead atoms. The van der Waals surface area contributed by atoms with Gasteiger partial charge in [-0.3, -0.25) is 14.5 Å². The van der Waals surface area contributed by atoms with Crippen molar-refractivity contribution in [1.82, 2.24) is 10.2 Å². The Labute approximate surface area is 172 Å². The number of nitrogens with zero attached hydrogens (tertiary/aromatic N) is 1. The van der Waals surface area contributed by atoms with Crippen LogP contribution in [0, 0.1) is 0 Å². The number of anilines is 1. The van der Waals surface area contributed by atoms with Crippen LogP contribution in [0.2, 0.25) is 0 Å². The first kappa shape index (κ1) is 21.1. The third kappa shape index (κ3) is 6.46. The van der Waals surface area contributed by atoms with E-state index in [1.165, 1.54) is 32.1 Å². The first-order chi connectivity index (χ1) is 14.1. The summed E-state index contributed by atoms with van der Waals surface area (Å²) >= 11 is 0. The number of furan rings is 1. The van der Waals surface area contributed by atoms with E-state index in [0.29, 0.717) is 36.1 Å². The average Bonchev–Trinajstić information content (AvgIpc) is 3.19. The lowest BCUT2D eigenvalue weighted by Gasteiger charge is -2.29. The molecule has 2 aromatic rings. The van der Waals surface area contributed by atoms with Crippen molar-refractivity contribution < 1.29 is 14.0 Å². The largest absolute Gasteiger partial charge is 0.467 e. The Kier molecular flexibility index (Phi) is 7.87. The van der Waals surface area contributed by atoms with E-state index in [-0.39, 0.29) is 11.8 Å². The Morgan fingerprint density at radius 1 is 1.03 bits per heavy atom. The minimum Gasteiger partial charge on any atom is -0.467 e. The first-order valence-corrected chi connectivity index (χ1v) is 10.5. The minimum atomic E-state index is -0.245. The molecule has 1 fully saturated rings. The van der Waals surface area contributed by atoms with Crippen molar-refractivity contribution in [2.75, 3.05) is 18.9 Å². The summed E-state index contributed by atoms with van der Waals surface area (Å²) in [6.07, 6.45) is 10.2. The van der Waals surface area contributed by atoms with E-state index in [9.17, 15) is 9.59 Å². The molecule has 0 aliphatic heterocycles. The van der Waals surface area contributed by atoms with Crippen molar-refractivity contribution in [1.29, 1.82) is 0 Å². The van der Waals surface area contributed by atoms with Gasteiger partial charge in [0.1, 0.15) is 5.76 Å². The van der Waals surface area contributed by atoms with Gasteiger partial charge < -0.3 is 15.1 Å². The van der Waals surface area contributed by atoms with E-state index < -0.39 is 0 Å². The van der Waals surface area contributed by atoms with Crippen LogP contribution in [-0.4, -0.2) is 36.3 Å². The third-order valence-corrected chi connectivity index (χ3v) is 5.54. The number of amides is 2.